The second kappa shape index (κ2) is 17.7. The Morgan fingerprint density at radius 2 is 1.40 bits per heavy atom. The lowest BCUT2D eigenvalue weighted by Gasteiger charge is -2.34. The third-order valence-electron chi connectivity index (χ3n) is 8.06. The van der Waals surface area contributed by atoms with Gasteiger partial charge < -0.3 is 49.2 Å². The highest BCUT2D eigenvalue weighted by Gasteiger charge is 2.29. The molecule has 1 saturated heterocycles. The smallest absolute Gasteiger partial charge is 0.248 e. The molecule has 262 valence electrons. The molecule has 48 heavy (non-hydrogen) atoms. The monoisotopic (exact) mass is 668 g/mol. The van der Waals surface area contributed by atoms with Crippen LogP contribution in [0.2, 0.25) is 0 Å². The second-order valence-corrected chi connectivity index (χ2v) is 11.5. The molecule has 1 aromatic carbocycles. The first-order valence-electron chi connectivity index (χ1n) is 15.8. The van der Waals surface area contributed by atoms with Crippen LogP contribution in [0.1, 0.15) is 15.9 Å². The number of fused-ring (bicyclic) bond motifs is 1. The molecule has 0 radical (unpaired) electrons. The van der Waals surface area contributed by atoms with Gasteiger partial charge in [0.25, 0.3) is 0 Å². The number of ether oxygens (including phenoxy) is 4. The largest absolute Gasteiger partial charge is 0.383 e. The van der Waals surface area contributed by atoms with Crippen molar-refractivity contribution < 1.29 is 28.5 Å². The normalized spacial score (nSPS) is 13.3. The number of piperazine rings is 1. The number of hydrogen-bond donors (Lipinski definition) is 1. The fraction of sp³-hybridized carbons (Fsp3) is 0.562. The van der Waals surface area contributed by atoms with E-state index >= 15 is 0 Å². The molecule has 1 fully saturated rings. The average molecular weight is 669 g/mol. The van der Waals surface area contributed by atoms with E-state index in [2.05, 4.69) is 0 Å². The summed E-state index contributed by atoms with van der Waals surface area (Å²) < 4.78 is 21.6. The maximum Gasteiger partial charge on any atom is 0.248 e. The minimum atomic E-state index is -0.503. The maximum absolute atomic E-state index is 13.0. The molecule has 16 heteroatoms. The number of anilines is 4. The quantitative estimate of drug-likeness (QED) is 0.189. The Kier molecular flexibility index (Phi) is 13.4. The number of rotatable bonds is 19. The maximum atomic E-state index is 13.0. The molecule has 1 aliphatic heterocycles. The van der Waals surface area contributed by atoms with Crippen LogP contribution in [0.4, 0.5) is 23.5 Å². The zero-order valence-corrected chi connectivity index (χ0v) is 28.8. The van der Waals surface area contributed by atoms with Crippen LogP contribution in [-0.2, 0) is 30.3 Å². The summed E-state index contributed by atoms with van der Waals surface area (Å²) in [6, 6.07) is 7.18. The number of nitrogens with zero attached hydrogens (tertiary/aromatic N) is 9. The average Bonchev–Trinajstić information content (AvgIpc) is 3.08. The molecule has 4 rings (SSSR count). The lowest BCUT2D eigenvalue weighted by atomic mass is 10.1. The molecule has 3 aromatic rings. The van der Waals surface area contributed by atoms with Crippen molar-refractivity contribution in [1.82, 2.24) is 24.8 Å². The van der Waals surface area contributed by atoms with Gasteiger partial charge in [-0.15, -0.1) is 0 Å². The molecule has 0 unspecified atom stereocenters. The molecule has 0 bridgehead atoms. The van der Waals surface area contributed by atoms with E-state index < -0.39 is 5.91 Å². The fourth-order valence-corrected chi connectivity index (χ4v) is 5.27. The molecule has 0 atom stereocenters. The first-order chi connectivity index (χ1) is 23.2. The lowest BCUT2D eigenvalue weighted by molar-refractivity contribution is -0.129. The molecule has 0 spiro atoms. The van der Waals surface area contributed by atoms with Gasteiger partial charge in [0.2, 0.25) is 23.7 Å². The Hall–Kier alpha value is -4.38. The zero-order valence-electron chi connectivity index (χ0n) is 28.8. The van der Waals surface area contributed by atoms with Crippen LogP contribution < -0.4 is 25.3 Å². The van der Waals surface area contributed by atoms with Crippen LogP contribution in [-0.4, -0.2) is 151 Å². The van der Waals surface area contributed by atoms with E-state index in [-0.39, 0.29) is 12.5 Å². The molecule has 0 saturated carbocycles. The number of likely N-dealkylation sites (N-methyl/N-ethyl adjacent to an activating group) is 1. The number of amides is 2. The van der Waals surface area contributed by atoms with Gasteiger partial charge in [0.1, 0.15) is 11.0 Å². The molecule has 2 amide bonds. The van der Waals surface area contributed by atoms with Gasteiger partial charge in [0, 0.05) is 93.9 Å². The van der Waals surface area contributed by atoms with E-state index in [0.29, 0.717) is 112 Å². The molecule has 16 nitrogen and oxygen atoms in total. The number of hydrogen-bond acceptors (Lipinski definition) is 14. The topological polar surface area (TPSA) is 165 Å². The van der Waals surface area contributed by atoms with Gasteiger partial charge in [0.05, 0.1) is 33.0 Å². The molecule has 3 heterocycles. The van der Waals surface area contributed by atoms with E-state index in [1.807, 2.05) is 32.7 Å². The van der Waals surface area contributed by atoms with Gasteiger partial charge in [-0.3, -0.25) is 9.59 Å². The minimum absolute atomic E-state index is 0.0204. The van der Waals surface area contributed by atoms with Crippen LogP contribution in [0.3, 0.4) is 0 Å². The summed E-state index contributed by atoms with van der Waals surface area (Å²) in [5.41, 5.74) is 7.87. The van der Waals surface area contributed by atoms with Crippen molar-refractivity contribution >= 4 is 46.4 Å². The number of aromatic nitrogens is 4. The highest BCUT2D eigenvalue weighted by molar-refractivity contribution is 5.97. The number of primary amides is 1. The van der Waals surface area contributed by atoms with Gasteiger partial charge >= 0.3 is 0 Å². The van der Waals surface area contributed by atoms with Crippen LogP contribution in [0.15, 0.2) is 24.3 Å². The Morgan fingerprint density at radius 3 is 1.94 bits per heavy atom. The predicted molar refractivity (Wildman–Crippen MR) is 184 cm³/mol. The van der Waals surface area contributed by atoms with E-state index in [9.17, 15) is 9.59 Å². The summed E-state index contributed by atoms with van der Waals surface area (Å²) in [5.74, 6) is 1.44. The van der Waals surface area contributed by atoms with Gasteiger partial charge in [-0.05, 0) is 17.7 Å². The van der Waals surface area contributed by atoms with E-state index in [4.69, 9.17) is 44.6 Å². The van der Waals surface area contributed by atoms with Crippen molar-refractivity contribution in [2.75, 3.05) is 134 Å². The summed E-state index contributed by atoms with van der Waals surface area (Å²) in [6.07, 6.45) is 0. The van der Waals surface area contributed by atoms with Crippen molar-refractivity contribution in [3.05, 3.63) is 35.4 Å². The highest BCUT2D eigenvalue weighted by atomic mass is 16.5. The van der Waals surface area contributed by atoms with Crippen molar-refractivity contribution in [3.8, 4) is 0 Å². The van der Waals surface area contributed by atoms with Crippen molar-refractivity contribution in [2.45, 2.75) is 6.54 Å². The minimum Gasteiger partial charge on any atom is -0.383 e. The number of benzene rings is 1. The number of methoxy groups -OCH3 is 4. The van der Waals surface area contributed by atoms with E-state index in [1.165, 1.54) is 0 Å². The van der Waals surface area contributed by atoms with Gasteiger partial charge in [-0.25, -0.2) is 9.97 Å². The molecule has 2 N–H and O–H groups in total. The van der Waals surface area contributed by atoms with E-state index in [1.54, 1.807) is 58.6 Å². The van der Waals surface area contributed by atoms with Crippen LogP contribution in [0.25, 0.3) is 11.0 Å². The third kappa shape index (κ3) is 9.15. The number of carbonyl (C=O) groups excluding carboxylic acids is 2. The standard InChI is InChI=1S/C32H48N10O6/c1-38-10-11-42(22-25(38)43)30-27-26(34-32(37-30)41(14-18-47-5)15-19-48-6)29(36-31(35-27)40(12-16-45-3)13-17-46-4)39(2)21-23-8-7-9-24(20-23)28(33)44/h7-9,20H,10-19,21-22H2,1-6H3,(H2,33,44). The van der Waals surface area contributed by atoms with Crippen molar-refractivity contribution in [3.63, 3.8) is 0 Å². The number of carbonyl (C=O) groups is 2. The van der Waals surface area contributed by atoms with Crippen molar-refractivity contribution in [1.29, 1.82) is 0 Å². The van der Waals surface area contributed by atoms with Crippen LogP contribution in [0, 0.1) is 0 Å². The predicted octanol–water partition coefficient (Wildman–Crippen LogP) is 0.632. The van der Waals surface area contributed by atoms with Crippen LogP contribution >= 0.6 is 0 Å². The Morgan fingerprint density at radius 1 is 0.833 bits per heavy atom. The van der Waals surface area contributed by atoms with Gasteiger partial charge in [0.15, 0.2) is 11.6 Å². The molecule has 0 aliphatic carbocycles. The Bertz CT molecular complexity index is 1510. The molecular weight excluding hydrogens is 620 g/mol. The van der Waals surface area contributed by atoms with Crippen LogP contribution in [0.5, 0.6) is 0 Å². The molecule has 2 aromatic heterocycles. The summed E-state index contributed by atoms with van der Waals surface area (Å²) in [4.78, 5) is 54.8. The third-order valence-corrected chi connectivity index (χ3v) is 8.06. The van der Waals surface area contributed by atoms with Gasteiger partial charge in [-0.2, -0.15) is 9.97 Å². The highest BCUT2D eigenvalue weighted by Crippen LogP contribution is 2.33. The lowest BCUT2D eigenvalue weighted by Crippen LogP contribution is -2.49. The first-order valence-corrected chi connectivity index (χ1v) is 15.8. The van der Waals surface area contributed by atoms with Gasteiger partial charge in [-0.1, -0.05) is 12.1 Å². The van der Waals surface area contributed by atoms with Crippen molar-refractivity contribution in [2.24, 2.45) is 5.73 Å². The molecule has 1 aliphatic rings. The Labute approximate surface area is 281 Å². The zero-order chi connectivity index (χ0) is 34.6. The number of nitrogens with two attached hydrogens (primary N) is 1. The Balaban J connectivity index is 1.97. The van der Waals surface area contributed by atoms with E-state index in [0.717, 1.165) is 5.56 Å². The summed E-state index contributed by atoms with van der Waals surface area (Å²) in [7, 11) is 10.3. The summed E-state index contributed by atoms with van der Waals surface area (Å²) >= 11 is 0. The first kappa shape index (κ1) is 36.5. The summed E-state index contributed by atoms with van der Waals surface area (Å²) in [5, 5.41) is 0. The second-order valence-electron chi connectivity index (χ2n) is 11.5. The summed E-state index contributed by atoms with van der Waals surface area (Å²) in [6.45, 7) is 5.45. The fourth-order valence-electron chi connectivity index (χ4n) is 5.27. The SMILES string of the molecule is COCCN(CCOC)c1nc(N2CCN(C)C(=O)C2)c2nc(N(CCOC)CCOC)nc(N(C)Cc3cccc(C(N)=O)c3)c2n1. The molecular formula is C32H48N10O6.